The molecule has 1 rings (SSSR count). The standard InChI is InChI=1S/C13H18Br2N2O/c1-13(8-14,9-15)16-12(18)10-4-6-11(7-5-10)17(2)3/h4-7H,8-9H2,1-3H3,(H,16,18). The monoisotopic (exact) mass is 376 g/mol. The van der Waals surface area contributed by atoms with Gasteiger partial charge in [0.15, 0.2) is 0 Å². The summed E-state index contributed by atoms with van der Waals surface area (Å²) >= 11 is 6.82. The van der Waals surface area contributed by atoms with Crippen molar-refractivity contribution < 1.29 is 4.79 Å². The number of hydrogen-bond acceptors (Lipinski definition) is 2. The Kier molecular flexibility index (Phi) is 5.66. The topological polar surface area (TPSA) is 32.3 Å². The van der Waals surface area contributed by atoms with Gasteiger partial charge in [0.1, 0.15) is 0 Å². The van der Waals surface area contributed by atoms with Gasteiger partial charge < -0.3 is 10.2 Å². The van der Waals surface area contributed by atoms with Crippen molar-refractivity contribution in [2.24, 2.45) is 0 Å². The van der Waals surface area contributed by atoms with Crippen LogP contribution >= 0.6 is 31.9 Å². The summed E-state index contributed by atoms with van der Waals surface area (Å²) in [6, 6.07) is 7.56. The zero-order valence-electron chi connectivity index (χ0n) is 10.8. The van der Waals surface area contributed by atoms with E-state index in [0.717, 1.165) is 5.69 Å². The number of alkyl halides is 2. The van der Waals surface area contributed by atoms with E-state index in [1.165, 1.54) is 0 Å². The Hall–Kier alpha value is -0.550. The summed E-state index contributed by atoms with van der Waals surface area (Å²) in [7, 11) is 3.95. The van der Waals surface area contributed by atoms with Crippen LogP contribution in [0.1, 0.15) is 17.3 Å². The maximum atomic E-state index is 12.1. The Bertz CT molecular complexity index is 400. The number of carbonyl (C=O) groups is 1. The van der Waals surface area contributed by atoms with E-state index in [1.807, 2.05) is 50.2 Å². The number of anilines is 1. The molecule has 0 saturated heterocycles. The number of nitrogens with one attached hydrogen (secondary N) is 1. The maximum Gasteiger partial charge on any atom is 0.251 e. The Morgan fingerprint density at radius 3 is 2.11 bits per heavy atom. The van der Waals surface area contributed by atoms with Crippen LogP contribution in [-0.4, -0.2) is 36.2 Å². The minimum Gasteiger partial charge on any atom is -0.378 e. The molecule has 0 unspecified atom stereocenters. The Morgan fingerprint density at radius 1 is 1.22 bits per heavy atom. The second-order valence-corrected chi connectivity index (χ2v) is 5.84. The lowest BCUT2D eigenvalue weighted by Crippen LogP contribution is -2.48. The molecule has 0 saturated carbocycles. The van der Waals surface area contributed by atoms with Gasteiger partial charge in [0.05, 0.1) is 5.54 Å². The van der Waals surface area contributed by atoms with Crippen LogP contribution in [0.5, 0.6) is 0 Å². The summed E-state index contributed by atoms with van der Waals surface area (Å²) < 4.78 is 0. The van der Waals surface area contributed by atoms with Crippen molar-refractivity contribution in [2.75, 3.05) is 29.7 Å². The first kappa shape index (κ1) is 15.5. The van der Waals surface area contributed by atoms with Crippen molar-refractivity contribution in [3.63, 3.8) is 0 Å². The molecule has 0 heterocycles. The van der Waals surface area contributed by atoms with E-state index in [0.29, 0.717) is 16.2 Å². The summed E-state index contributed by atoms with van der Waals surface area (Å²) in [5.41, 5.74) is 1.47. The van der Waals surface area contributed by atoms with Gasteiger partial charge in [0.2, 0.25) is 0 Å². The highest BCUT2D eigenvalue weighted by Crippen LogP contribution is 2.15. The van der Waals surface area contributed by atoms with E-state index in [9.17, 15) is 4.79 Å². The predicted octanol–water partition coefficient (Wildman–Crippen LogP) is 3.03. The predicted molar refractivity (Wildman–Crippen MR) is 84.2 cm³/mol. The smallest absolute Gasteiger partial charge is 0.251 e. The third-order valence-corrected chi connectivity index (χ3v) is 5.13. The van der Waals surface area contributed by atoms with Crippen LogP contribution < -0.4 is 10.2 Å². The van der Waals surface area contributed by atoms with Crippen LogP contribution in [0.4, 0.5) is 5.69 Å². The quantitative estimate of drug-likeness (QED) is 0.800. The van der Waals surface area contributed by atoms with Crippen LogP contribution in [-0.2, 0) is 0 Å². The average molecular weight is 378 g/mol. The molecule has 100 valence electrons. The third kappa shape index (κ3) is 3.99. The maximum absolute atomic E-state index is 12.1. The number of amides is 1. The molecule has 3 nitrogen and oxygen atoms in total. The van der Waals surface area contributed by atoms with E-state index >= 15 is 0 Å². The second-order valence-electron chi connectivity index (χ2n) is 4.72. The van der Waals surface area contributed by atoms with Gasteiger partial charge in [0.25, 0.3) is 5.91 Å². The van der Waals surface area contributed by atoms with Crippen LogP contribution in [0.3, 0.4) is 0 Å². The Morgan fingerprint density at radius 2 is 1.72 bits per heavy atom. The molecule has 0 bridgehead atoms. The largest absolute Gasteiger partial charge is 0.378 e. The van der Waals surface area contributed by atoms with E-state index in [-0.39, 0.29) is 11.4 Å². The summed E-state index contributed by atoms with van der Waals surface area (Å²) in [4.78, 5) is 14.1. The first-order valence-corrected chi connectivity index (χ1v) is 7.88. The molecule has 18 heavy (non-hydrogen) atoms. The van der Waals surface area contributed by atoms with Gasteiger partial charge in [-0.15, -0.1) is 0 Å². The van der Waals surface area contributed by atoms with Crippen LogP contribution in [0.15, 0.2) is 24.3 Å². The number of benzene rings is 1. The van der Waals surface area contributed by atoms with Gasteiger partial charge in [-0.25, -0.2) is 0 Å². The molecule has 0 fully saturated rings. The van der Waals surface area contributed by atoms with Crippen LogP contribution in [0, 0.1) is 0 Å². The van der Waals surface area contributed by atoms with Crippen molar-refractivity contribution in [1.29, 1.82) is 0 Å². The highest BCUT2D eigenvalue weighted by Gasteiger charge is 2.24. The van der Waals surface area contributed by atoms with Crippen molar-refractivity contribution >= 4 is 43.5 Å². The Labute approximate surface area is 125 Å². The number of nitrogens with zero attached hydrogens (tertiary/aromatic N) is 1. The Balaban J connectivity index is 2.79. The molecular formula is C13H18Br2N2O. The molecule has 0 aliphatic carbocycles. The zero-order valence-corrected chi connectivity index (χ0v) is 14.0. The lowest BCUT2D eigenvalue weighted by atomic mass is 10.1. The molecule has 1 amide bonds. The summed E-state index contributed by atoms with van der Waals surface area (Å²) in [6.07, 6.45) is 0. The normalized spacial score (nSPS) is 11.2. The first-order valence-electron chi connectivity index (χ1n) is 5.64. The zero-order chi connectivity index (χ0) is 13.8. The minimum absolute atomic E-state index is 0.0540. The number of rotatable bonds is 5. The number of carbonyl (C=O) groups excluding carboxylic acids is 1. The number of hydrogen-bond donors (Lipinski definition) is 1. The first-order chi connectivity index (χ1) is 8.41. The van der Waals surface area contributed by atoms with Crippen molar-refractivity contribution in [2.45, 2.75) is 12.5 Å². The molecule has 0 aliphatic rings. The molecule has 1 aromatic rings. The highest BCUT2D eigenvalue weighted by atomic mass is 79.9. The molecule has 0 radical (unpaired) electrons. The third-order valence-electron chi connectivity index (χ3n) is 2.65. The lowest BCUT2D eigenvalue weighted by molar-refractivity contribution is 0.0923. The van der Waals surface area contributed by atoms with Gasteiger partial charge in [-0.2, -0.15) is 0 Å². The molecular weight excluding hydrogens is 360 g/mol. The van der Waals surface area contributed by atoms with Crippen molar-refractivity contribution in [3.05, 3.63) is 29.8 Å². The van der Waals surface area contributed by atoms with Crippen LogP contribution in [0.25, 0.3) is 0 Å². The van der Waals surface area contributed by atoms with Gasteiger partial charge in [-0.1, -0.05) is 31.9 Å². The van der Waals surface area contributed by atoms with Gasteiger partial charge in [0, 0.05) is 36.0 Å². The highest BCUT2D eigenvalue weighted by molar-refractivity contribution is 9.09. The van der Waals surface area contributed by atoms with E-state index in [4.69, 9.17) is 0 Å². The lowest BCUT2D eigenvalue weighted by Gasteiger charge is -2.26. The summed E-state index contributed by atoms with van der Waals surface area (Å²) in [5, 5.41) is 4.41. The van der Waals surface area contributed by atoms with Gasteiger partial charge >= 0.3 is 0 Å². The fourth-order valence-electron chi connectivity index (χ4n) is 1.36. The fraction of sp³-hybridized carbons (Fsp3) is 0.462. The molecule has 5 heteroatoms. The molecule has 0 spiro atoms. The molecule has 1 aromatic carbocycles. The fourth-order valence-corrected chi connectivity index (χ4v) is 2.57. The SMILES string of the molecule is CN(C)c1ccc(C(=O)NC(C)(CBr)CBr)cc1. The van der Waals surface area contributed by atoms with Gasteiger partial charge in [-0.3, -0.25) is 4.79 Å². The van der Waals surface area contributed by atoms with Gasteiger partial charge in [-0.05, 0) is 31.2 Å². The minimum atomic E-state index is -0.280. The van der Waals surface area contributed by atoms with E-state index in [1.54, 1.807) is 0 Å². The van der Waals surface area contributed by atoms with Crippen molar-refractivity contribution in [1.82, 2.24) is 5.32 Å². The molecule has 0 atom stereocenters. The van der Waals surface area contributed by atoms with E-state index < -0.39 is 0 Å². The summed E-state index contributed by atoms with van der Waals surface area (Å²) in [6.45, 7) is 1.99. The summed E-state index contributed by atoms with van der Waals surface area (Å²) in [5.74, 6) is -0.0540. The molecule has 1 N–H and O–H groups in total. The van der Waals surface area contributed by atoms with E-state index in [2.05, 4.69) is 37.2 Å². The second kappa shape index (κ2) is 6.57. The average Bonchev–Trinajstić information content (AvgIpc) is 2.38. The molecule has 0 aliphatic heterocycles. The number of halogens is 2. The van der Waals surface area contributed by atoms with Crippen LogP contribution in [0.2, 0.25) is 0 Å². The van der Waals surface area contributed by atoms with Crippen molar-refractivity contribution in [3.8, 4) is 0 Å². The molecule has 0 aromatic heterocycles.